The van der Waals surface area contributed by atoms with Crippen molar-refractivity contribution in [2.75, 3.05) is 12.8 Å². The van der Waals surface area contributed by atoms with Crippen LogP contribution in [0.1, 0.15) is 34.4 Å². The number of hydrogen-bond acceptors (Lipinski definition) is 10. The van der Waals surface area contributed by atoms with E-state index in [9.17, 15) is 14.4 Å². The maximum atomic E-state index is 13.1. The van der Waals surface area contributed by atoms with E-state index in [1.807, 2.05) is 54.6 Å². The Labute approximate surface area is 255 Å². The van der Waals surface area contributed by atoms with Crippen molar-refractivity contribution in [3.05, 3.63) is 111 Å². The van der Waals surface area contributed by atoms with Crippen molar-refractivity contribution in [1.29, 1.82) is 5.26 Å². The SMILES string of the molecule is COc1ccc(CC(/C(N)=N/O)c2nc3ccccc3[nH]2)cc1.N#CC1C(N)=Nc2nc(N)[nH]c(=O)c2C1c1ccc(F)cc1. The number of rotatable bonds is 6. The van der Waals surface area contributed by atoms with Crippen molar-refractivity contribution >= 4 is 34.5 Å². The van der Waals surface area contributed by atoms with Gasteiger partial charge in [-0.1, -0.05) is 41.6 Å². The molecule has 3 unspecified atom stereocenters. The Bertz CT molecular complexity index is 1950. The number of methoxy groups -OCH3 is 1. The van der Waals surface area contributed by atoms with E-state index < -0.39 is 23.2 Å². The first-order valence-electron chi connectivity index (χ1n) is 13.7. The van der Waals surface area contributed by atoms with Gasteiger partial charge in [-0.3, -0.25) is 9.78 Å². The first kappa shape index (κ1) is 30.2. The molecular weight excluding hydrogens is 579 g/mol. The summed E-state index contributed by atoms with van der Waals surface area (Å²) in [6.07, 6.45) is 0.569. The molecule has 14 heteroatoms. The van der Waals surface area contributed by atoms with Gasteiger partial charge in [0.2, 0.25) is 5.95 Å². The summed E-state index contributed by atoms with van der Waals surface area (Å²) < 4.78 is 18.3. The fourth-order valence-corrected chi connectivity index (χ4v) is 5.10. The van der Waals surface area contributed by atoms with Gasteiger partial charge in [0.05, 0.1) is 35.7 Å². The van der Waals surface area contributed by atoms with E-state index >= 15 is 0 Å². The van der Waals surface area contributed by atoms with E-state index in [2.05, 4.69) is 30.1 Å². The van der Waals surface area contributed by atoms with Gasteiger partial charge >= 0.3 is 0 Å². The lowest BCUT2D eigenvalue weighted by Crippen LogP contribution is -2.35. The topological polar surface area (TPSA) is 230 Å². The monoisotopic (exact) mass is 608 g/mol. The summed E-state index contributed by atoms with van der Waals surface area (Å²) in [6, 6.07) is 23.0. The summed E-state index contributed by atoms with van der Waals surface area (Å²) in [5.74, 6) is -0.649. The molecule has 45 heavy (non-hydrogen) atoms. The molecule has 3 atom stereocenters. The first-order chi connectivity index (χ1) is 21.7. The zero-order valence-corrected chi connectivity index (χ0v) is 24.0. The highest BCUT2D eigenvalue weighted by Gasteiger charge is 2.36. The van der Waals surface area contributed by atoms with Gasteiger partial charge in [-0.25, -0.2) is 14.4 Å². The molecule has 0 saturated carbocycles. The van der Waals surface area contributed by atoms with Crippen LogP contribution in [0.5, 0.6) is 5.75 Å². The quantitative estimate of drug-likeness (QED) is 0.0716. The molecule has 0 saturated heterocycles. The first-order valence-corrected chi connectivity index (χ1v) is 13.7. The van der Waals surface area contributed by atoms with Crippen molar-refractivity contribution in [3.63, 3.8) is 0 Å². The lowest BCUT2D eigenvalue weighted by atomic mass is 9.79. The molecule has 1 aliphatic heterocycles. The van der Waals surface area contributed by atoms with Gasteiger partial charge in [0.15, 0.2) is 5.82 Å². The van der Waals surface area contributed by atoms with Gasteiger partial charge in [-0.05, 0) is 53.9 Å². The van der Waals surface area contributed by atoms with Crippen molar-refractivity contribution in [2.24, 2.45) is 27.5 Å². The van der Waals surface area contributed by atoms with Gasteiger partial charge in [-0.15, -0.1) is 0 Å². The molecule has 3 aromatic carbocycles. The molecule has 13 nitrogen and oxygen atoms in total. The second kappa shape index (κ2) is 13.0. The molecule has 3 heterocycles. The number of amidine groups is 2. The number of para-hydroxylation sites is 2. The fraction of sp³-hybridized carbons (Fsp3) is 0.161. The molecule has 2 aromatic heterocycles. The van der Waals surface area contributed by atoms with Gasteiger partial charge in [-0.2, -0.15) is 10.2 Å². The van der Waals surface area contributed by atoms with Crippen LogP contribution >= 0.6 is 0 Å². The number of oxime groups is 1. The van der Waals surface area contributed by atoms with Gasteiger partial charge in [0.25, 0.3) is 5.56 Å². The summed E-state index contributed by atoms with van der Waals surface area (Å²) >= 11 is 0. The highest BCUT2D eigenvalue weighted by Crippen LogP contribution is 2.38. The number of ether oxygens (including phenoxy) is 1. The number of nitrogens with two attached hydrogens (primary N) is 3. The van der Waals surface area contributed by atoms with Gasteiger partial charge in [0.1, 0.15) is 35.0 Å². The number of imidazole rings is 1. The number of H-pyrrole nitrogens is 2. The molecule has 0 bridgehead atoms. The van der Waals surface area contributed by atoms with Crippen LogP contribution < -0.4 is 27.5 Å². The Hall–Kier alpha value is -6.23. The van der Waals surface area contributed by atoms with Crippen LogP contribution in [0.4, 0.5) is 16.2 Å². The van der Waals surface area contributed by atoms with Crippen molar-refractivity contribution < 1.29 is 14.3 Å². The molecule has 0 spiro atoms. The highest BCUT2D eigenvalue weighted by atomic mass is 19.1. The molecule has 6 rings (SSSR count). The van der Waals surface area contributed by atoms with Crippen molar-refractivity contribution in [3.8, 4) is 11.8 Å². The Morgan fingerprint density at radius 1 is 1.09 bits per heavy atom. The number of nitrogens with one attached hydrogen (secondary N) is 2. The largest absolute Gasteiger partial charge is 0.497 e. The zero-order chi connectivity index (χ0) is 32.1. The smallest absolute Gasteiger partial charge is 0.258 e. The zero-order valence-electron chi connectivity index (χ0n) is 24.0. The second-order valence-corrected chi connectivity index (χ2v) is 10.1. The summed E-state index contributed by atoms with van der Waals surface area (Å²) in [6.45, 7) is 0. The van der Waals surface area contributed by atoms with E-state index in [0.29, 0.717) is 17.8 Å². The predicted molar refractivity (Wildman–Crippen MR) is 167 cm³/mol. The summed E-state index contributed by atoms with van der Waals surface area (Å²) in [4.78, 5) is 30.4. The normalized spacial score (nSPS) is 16.5. The molecule has 228 valence electrons. The molecular formula is C31H29FN10O3. The van der Waals surface area contributed by atoms with Crippen LogP contribution in [0.25, 0.3) is 11.0 Å². The third-order valence-electron chi connectivity index (χ3n) is 7.33. The average molecular weight is 609 g/mol. The lowest BCUT2D eigenvalue weighted by Gasteiger charge is -2.26. The van der Waals surface area contributed by atoms with Crippen LogP contribution in [-0.2, 0) is 6.42 Å². The van der Waals surface area contributed by atoms with Crippen molar-refractivity contribution in [1.82, 2.24) is 19.9 Å². The molecule has 0 amide bonds. The Morgan fingerprint density at radius 2 is 1.80 bits per heavy atom. The molecule has 1 aliphatic rings. The van der Waals surface area contributed by atoms with Crippen LogP contribution in [0.3, 0.4) is 0 Å². The van der Waals surface area contributed by atoms with Crippen LogP contribution in [0.15, 0.2) is 87.7 Å². The van der Waals surface area contributed by atoms with E-state index in [4.69, 9.17) is 27.1 Å². The van der Waals surface area contributed by atoms with Crippen LogP contribution in [0.2, 0.25) is 0 Å². The second-order valence-electron chi connectivity index (χ2n) is 10.1. The number of fused-ring (bicyclic) bond motifs is 2. The predicted octanol–water partition coefficient (Wildman–Crippen LogP) is 3.41. The van der Waals surface area contributed by atoms with E-state index in [1.54, 1.807) is 7.11 Å². The van der Waals surface area contributed by atoms with E-state index in [1.165, 1.54) is 24.3 Å². The number of halogens is 1. The molecule has 0 fully saturated rings. The van der Waals surface area contributed by atoms with Crippen LogP contribution in [0, 0.1) is 23.1 Å². The maximum Gasteiger partial charge on any atom is 0.258 e. The van der Waals surface area contributed by atoms with E-state index in [0.717, 1.165) is 22.3 Å². The lowest BCUT2D eigenvalue weighted by molar-refractivity contribution is 0.315. The molecule has 0 radical (unpaired) electrons. The number of aliphatic imine (C=N–C) groups is 1. The Kier molecular flexibility index (Phi) is 8.71. The molecule has 9 N–H and O–H groups in total. The summed E-state index contributed by atoms with van der Waals surface area (Å²) in [7, 11) is 1.63. The number of nitrogens with zero attached hydrogens (tertiary/aromatic N) is 5. The van der Waals surface area contributed by atoms with Gasteiger partial charge < -0.3 is 32.1 Å². The number of nitriles is 1. The fourth-order valence-electron chi connectivity index (χ4n) is 5.10. The highest BCUT2D eigenvalue weighted by molar-refractivity contribution is 5.91. The molecule has 5 aromatic rings. The van der Waals surface area contributed by atoms with E-state index in [-0.39, 0.29) is 34.9 Å². The minimum absolute atomic E-state index is 0.0434. The third kappa shape index (κ3) is 6.42. The van der Waals surface area contributed by atoms with Crippen molar-refractivity contribution in [2.45, 2.75) is 18.3 Å². The third-order valence-corrected chi connectivity index (χ3v) is 7.33. The van der Waals surface area contributed by atoms with Crippen LogP contribution in [-0.4, -0.2) is 43.9 Å². The minimum Gasteiger partial charge on any atom is -0.497 e. The summed E-state index contributed by atoms with van der Waals surface area (Å²) in [5.41, 5.74) is 20.3. The minimum atomic E-state index is -0.843. The number of nitrogen functional groups attached to an aromatic ring is 1. The maximum absolute atomic E-state index is 13.1. The van der Waals surface area contributed by atoms with Gasteiger partial charge in [0, 0.05) is 5.92 Å². The average Bonchev–Trinajstić information content (AvgIpc) is 3.47. The summed E-state index contributed by atoms with van der Waals surface area (Å²) in [5, 5.41) is 21.7. The molecule has 0 aliphatic carbocycles. The Balaban J connectivity index is 0.000000178. The Morgan fingerprint density at radius 3 is 2.44 bits per heavy atom. The number of benzene rings is 3. The standard InChI is InChI=1S/C17H18N4O2.C14H11FN6O/c1-23-12-8-6-11(7-9-12)10-13(16(18)21-22)17-19-14-4-2-3-5-15(14)20-17;15-7-3-1-6(2-4-7)9-8(5-16)11(17)19-12-10(9)13(22)21-14(18)20-12/h2-9,13,22H,10H2,1H3,(H2,18,21)(H,19,20);1-4,8-9H,(H5,17,18,19,20,21,22). The number of aromatic nitrogens is 4. The number of aromatic amines is 2. The number of anilines is 1. The number of hydrogen-bond donors (Lipinski definition) is 6.